The molecule has 0 aliphatic heterocycles. The maximum absolute atomic E-state index is 13.3. The van der Waals surface area contributed by atoms with E-state index in [-0.39, 0.29) is 17.4 Å². The first-order valence-electron chi connectivity index (χ1n) is 13.2. The van der Waals surface area contributed by atoms with Gasteiger partial charge >= 0.3 is 0 Å². The second kappa shape index (κ2) is 15.1. The van der Waals surface area contributed by atoms with E-state index in [0.29, 0.717) is 39.8 Å². The van der Waals surface area contributed by atoms with Crippen molar-refractivity contribution in [3.8, 4) is 17.2 Å². The number of nitrogens with one attached hydrogen (secondary N) is 3. The van der Waals surface area contributed by atoms with Gasteiger partial charge in [-0.1, -0.05) is 30.3 Å². The third-order valence-corrected chi connectivity index (χ3v) is 7.11. The molecule has 4 rings (SSSR count). The first-order valence-corrected chi connectivity index (χ1v) is 14.2. The molecule has 0 saturated heterocycles. The first kappa shape index (κ1) is 30.7. The highest BCUT2D eigenvalue weighted by Gasteiger charge is 2.16. The van der Waals surface area contributed by atoms with Crippen molar-refractivity contribution in [3.05, 3.63) is 114 Å². The Hall–Kier alpha value is -5.22. The van der Waals surface area contributed by atoms with Crippen LogP contribution in [0.3, 0.4) is 0 Å². The van der Waals surface area contributed by atoms with Crippen LogP contribution in [0.5, 0.6) is 17.2 Å². The van der Waals surface area contributed by atoms with Gasteiger partial charge in [0.25, 0.3) is 11.8 Å². The second-order valence-corrected chi connectivity index (χ2v) is 10.1. The summed E-state index contributed by atoms with van der Waals surface area (Å²) >= 11 is 1.34. The summed E-state index contributed by atoms with van der Waals surface area (Å²) in [6.07, 6.45) is 1.58. The van der Waals surface area contributed by atoms with E-state index in [1.807, 2.05) is 6.07 Å². The standard InChI is InChI=1S/C33H31N3O6S/c1-40-25-11-7-8-22(18-25)19-29(36-32(38)23-9-5-4-6-10-23)33(39)34-24-12-15-27(16-13-24)43-21-31(37)35-28-17-14-26(41-2)20-30(28)42-3/h4-20H,21H2,1-3H3,(H,34,39)(H,35,37)(H,36,38)/b29-19-. The second-order valence-electron chi connectivity index (χ2n) is 9.04. The Kier molecular flexibility index (Phi) is 10.8. The summed E-state index contributed by atoms with van der Waals surface area (Å²) in [5, 5.41) is 8.39. The zero-order valence-corrected chi connectivity index (χ0v) is 24.7. The van der Waals surface area contributed by atoms with Gasteiger partial charge < -0.3 is 30.2 Å². The molecule has 0 saturated carbocycles. The smallest absolute Gasteiger partial charge is 0.272 e. The highest BCUT2D eigenvalue weighted by molar-refractivity contribution is 8.00. The normalized spacial score (nSPS) is 10.8. The zero-order chi connectivity index (χ0) is 30.6. The molecule has 4 aromatic carbocycles. The van der Waals surface area contributed by atoms with Crippen molar-refractivity contribution in [1.82, 2.24) is 5.32 Å². The van der Waals surface area contributed by atoms with Crippen molar-refractivity contribution >= 4 is 46.9 Å². The fraction of sp³-hybridized carbons (Fsp3) is 0.121. The maximum Gasteiger partial charge on any atom is 0.272 e. The molecular weight excluding hydrogens is 566 g/mol. The van der Waals surface area contributed by atoms with Gasteiger partial charge in [-0.15, -0.1) is 11.8 Å². The van der Waals surface area contributed by atoms with Crippen molar-refractivity contribution in [2.75, 3.05) is 37.7 Å². The molecule has 0 spiro atoms. The molecule has 0 aromatic heterocycles. The van der Waals surface area contributed by atoms with Gasteiger partial charge in [0.2, 0.25) is 5.91 Å². The average molecular weight is 598 g/mol. The van der Waals surface area contributed by atoms with E-state index in [1.54, 1.807) is 111 Å². The van der Waals surface area contributed by atoms with E-state index in [9.17, 15) is 14.4 Å². The Labute approximate surface area is 254 Å². The van der Waals surface area contributed by atoms with Gasteiger partial charge in [-0.05, 0) is 72.3 Å². The number of amides is 3. The monoisotopic (exact) mass is 597 g/mol. The van der Waals surface area contributed by atoms with Crippen LogP contribution in [0.15, 0.2) is 108 Å². The summed E-state index contributed by atoms with van der Waals surface area (Å²) in [6.45, 7) is 0. The lowest BCUT2D eigenvalue weighted by Crippen LogP contribution is -2.30. The summed E-state index contributed by atoms with van der Waals surface area (Å²) in [5.74, 6) is 0.790. The van der Waals surface area contributed by atoms with E-state index in [2.05, 4.69) is 16.0 Å². The van der Waals surface area contributed by atoms with Crippen LogP contribution >= 0.6 is 11.8 Å². The maximum atomic E-state index is 13.3. The number of ether oxygens (including phenoxy) is 3. The van der Waals surface area contributed by atoms with E-state index in [1.165, 1.54) is 18.9 Å². The van der Waals surface area contributed by atoms with Gasteiger partial charge in [-0.3, -0.25) is 14.4 Å². The molecule has 0 radical (unpaired) electrons. The van der Waals surface area contributed by atoms with E-state index < -0.39 is 11.8 Å². The molecule has 4 aromatic rings. The van der Waals surface area contributed by atoms with Gasteiger partial charge in [-0.25, -0.2) is 0 Å². The number of rotatable bonds is 12. The predicted molar refractivity (Wildman–Crippen MR) is 169 cm³/mol. The fourth-order valence-electron chi connectivity index (χ4n) is 3.91. The Bertz CT molecular complexity index is 1610. The number of thioether (sulfide) groups is 1. The fourth-order valence-corrected chi connectivity index (χ4v) is 4.61. The SMILES string of the molecule is COc1cccc(/C=C(\NC(=O)c2ccccc2)C(=O)Nc2ccc(SCC(=O)Nc3ccc(OC)cc3OC)cc2)c1. The summed E-state index contributed by atoms with van der Waals surface area (Å²) < 4.78 is 15.8. The number of hydrogen-bond acceptors (Lipinski definition) is 7. The number of methoxy groups -OCH3 is 3. The Morgan fingerprint density at radius 3 is 2.16 bits per heavy atom. The molecule has 0 aliphatic rings. The molecule has 43 heavy (non-hydrogen) atoms. The van der Waals surface area contributed by atoms with Crippen molar-refractivity contribution < 1.29 is 28.6 Å². The van der Waals surface area contributed by atoms with Gasteiger partial charge in [0, 0.05) is 22.2 Å². The molecule has 0 fully saturated rings. The van der Waals surface area contributed by atoms with E-state index >= 15 is 0 Å². The minimum Gasteiger partial charge on any atom is -0.497 e. The number of benzene rings is 4. The summed E-state index contributed by atoms with van der Waals surface area (Å²) in [4.78, 5) is 39.6. The molecule has 3 amide bonds. The topological polar surface area (TPSA) is 115 Å². The lowest BCUT2D eigenvalue weighted by molar-refractivity contribution is -0.114. The van der Waals surface area contributed by atoms with Crippen molar-refractivity contribution in [2.24, 2.45) is 0 Å². The molecule has 0 unspecified atom stereocenters. The molecule has 9 nitrogen and oxygen atoms in total. The number of carbonyl (C=O) groups is 3. The van der Waals surface area contributed by atoms with Crippen LogP contribution < -0.4 is 30.2 Å². The number of carbonyl (C=O) groups excluding carboxylic acids is 3. The third-order valence-electron chi connectivity index (χ3n) is 6.10. The molecule has 0 bridgehead atoms. The van der Waals surface area contributed by atoms with Crippen LogP contribution in [-0.2, 0) is 9.59 Å². The first-order chi connectivity index (χ1) is 20.9. The lowest BCUT2D eigenvalue weighted by atomic mass is 10.1. The number of anilines is 2. The van der Waals surface area contributed by atoms with Crippen molar-refractivity contribution in [1.29, 1.82) is 0 Å². The van der Waals surface area contributed by atoms with Crippen LogP contribution in [0.2, 0.25) is 0 Å². The van der Waals surface area contributed by atoms with Crippen LogP contribution in [-0.4, -0.2) is 44.8 Å². The minimum absolute atomic E-state index is 0.0613. The Balaban J connectivity index is 1.41. The van der Waals surface area contributed by atoms with Gasteiger partial charge in [0.1, 0.15) is 22.9 Å². The molecule has 3 N–H and O–H groups in total. The highest BCUT2D eigenvalue weighted by atomic mass is 32.2. The van der Waals surface area contributed by atoms with Gasteiger partial charge in [0.05, 0.1) is 32.8 Å². The van der Waals surface area contributed by atoms with Crippen LogP contribution in [0.4, 0.5) is 11.4 Å². The lowest BCUT2D eigenvalue weighted by Gasteiger charge is -2.12. The molecule has 220 valence electrons. The summed E-state index contributed by atoms with van der Waals surface area (Å²) in [5.41, 5.74) is 2.22. The molecular formula is C33H31N3O6S. The number of hydrogen-bond donors (Lipinski definition) is 3. The highest BCUT2D eigenvalue weighted by Crippen LogP contribution is 2.29. The zero-order valence-electron chi connectivity index (χ0n) is 23.9. The van der Waals surface area contributed by atoms with Gasteiger partial charge in [0.15, 0.2) is 0 Å². The molecule has 10 heteroatoms. The van der Waals surface area contributed by atoms with Crippen LogP contribution in [0.25, 0.3) is 6.08 Å². The van der Waals surface area contributed by atoms with Crippen molar-refractivity contribution in [2.45, 2.75) is 4.90 Å². The molecule has 0 aliphatic carbocycles. The van der Waals surface area contributed by atoms with Crippen LogP contribution in [0.1, 0.15) is 15.9 Å². The largest absolute Gasteiger partial charge is 0.497 e. The molecule has 0 atom stereocenters. The summed E-state index contributed by atoms with van der Waals surface area (Å²) in [7, 11) is 4.64. The van der Waals surface area contributed by atoms with E-state index in [0.717, 1.165) is 4.90 Å². The van der Waals surface area contributed by atoms with E-state index in [4.69, 9.17) is 14.2 Å². The third kappa shape index (κ3) is 8.88. The van der Waals surface area contributed by atoms with Crippen molar-refractivity contribution in [3.63, 3.8) is 0 Å². The average Bonchev–Trinajstić information content (AvgIpc) is 3.04. The van der Waals surface area contributed by atoms with Gasteiger partial charge in [-0.2, -0.15) is 0 Å². The van der Waals surface area contributed by atoms with Crippen LogP contribution in [0, 0.1) is 0 Å². The Morgan fingerprint density at radius 1 is 0.744 bits per heavy atom. The molecule has 0 heterocycles. The Morgan fingerprint density at radius 2 is 1.47 bits per heavy atom. The predicted octanol–water partition coefficient (Wildman–Crippen LogP) is 5.85. The summed E-state index contributed by atoms with van der Waals surface area (Å²) in [6, 6.07) is 28.0. The quantitative estimate of drug-likeness (QED) is 0.139. The minimum atomic E-state index is -0.500.